The van der Waals surface area contributed by atoms with Gasteiger partial charge in [0.25, 0.3) is 11.1 Å². The second-order valence-electron chi connectivity index (χ2n) is 7.21. The summed E-state index contributed by atoms with van der Waals surface area (Å²) in [6.45, 7) is 7.81. The Morgan fingerprint density at radius 2 is 2.12 bits per heavy atom. The van der Waals surface area contributed by atoms with Crippen LogP contribution in [0.2, 0.25) is 0 Å². The number of likely N-dealkylation sites (tertiary alicyclic amines) is 1. The molecule has 26 heavy (non-hydrogen) atoms. The van der Waals surface area contributed by atoms with Crippen LogP contribution >= 0.6 is 11.3 Å². The van der Waals surface area contributed by atoms with Crippen molar-refractivity contribution < 1.29 is 19.1 Å². The van der Waals surface area contributed by atoms with Crippen molar-refractivity contribution in [2.45, 2.75) is 58.1 Å². The fourth-order valence-electron chi connectivity index (χ4n) is 3.74. The van der Waals surface area contributed by atoms with E-state index in [-0.39, 0.29) is 18.0 Å². The maximum Gasteiger partial charge on any atom is 0.410 e. The molecule has 1 spiro atoms. The number of aryl methyl sites for hydroxylation is 1. The van der Waals surface area contributed by atoms with Crippen LogP contribution < -0.4 is 4.74 Å². The first kappa shape index (κ1) is 18.9. The van der Waals surface area contributed by atoms with Crippen LogP contribution in [0.3, 0.4) is 0 Å². The molecule has 1 aromatic rings. The quantitative estimate of drug-likeness (QED) is 0.784. The molecule has 0 bridgehead atoms. The van der Waals surface area contributed by atoms with Crippen LogP contribution in [-0.2, 0) is 4.74 Å². The smallest absolute Gasteiger partial charge is 0.410 e. The number of thiazole rings is 1. The largest absolute Gasteiger partial charge is 0.473 e. The lowest BCUT2D eigenvalue weighted by Gasteiger charge is -2.37. The highest BCUT2D eigenvalue weighted by atomic mass is 32.1. The summed E-state index contributed by atoms with van der Waals surface area (Å²) in [6, 6.07) is 0.193. The zero-order chi connectivity index (χ0) is 18.9. The van der Waals surface area contributed by atoms with Gasteiger partial charge in [0, 0.05) is 32.0 Å². The Morgan fingerprint density at radius 3 is 2.69 bits per heavy atom. The van der Waals surface area contributed by atoms with Crippen LogP contribution in [0.4, 0.5) is 4.79 Å². The van der Waals surface area contributed by atoms with E-state index >= 15 is 0 Å². The van der Waals surface area contributed by atoms with Crippen molar-refractivity contribution in [2.75, 3.05) is 26.7 Å². The molecule has 7 nitrogen and oxygen atoms in total. The summed E-state index contributed by atoms with van der Waals surface area (Å²) in [6.07, 6.45) is 3.15. The minimum atomic E-state index is -0.448. The van der Waals surface area contributed by atoms with E-state index in [0.717, 1.165) is 12.8 Å². The van der Waals surface area contributed by atoms with Gasteiger partial charge in [0.1, 0.15) is 10.5 Å². The van der Waals surface area contributed by atoms with Crippen molar-refractivity contribution in [3.63, 3.8) is 0 Å². The van der Waals surface area contributed by atoms with Crippen LogP contribution in [-0.4, -0.2) is 65.2 Å². The monoisotopic (exact) mass is 381 g/mol. The van der Waals surface area contributed by atoms with Crippen molar-refractivity contribution in [3.05, 3.63) is 10.6 Å². The minimum absolute atomic E-state index is 0.0151. The molecule has 0 N–H and O–H groups in total. The Labute approximate surface area is 158 Å². The lowest BCUT2D eigenvalue weighted by atomic mass is 9.91. The Hall–Kier alpha value is -1.83. The normalized spacial score (nSPS) is 20.4. The third-order valence-corrected chi connectivity index (χ3v) is 6.45. The molecule has 2 fully saturated rings. The van der Waals surface area contributed by atoms with E-state index in [2.05, 4.69) is 18.8 Å². The number of amides is 2. The second-order valence-corrected chi connectivity index (χ2v) is 8.17. The van der Waals surface area contributed by atoms with Crippen molar-refractivity contribution in [3.8, 4) is 5.19 Å². The summed E-state index contributed by atoms with van der Waals surface area (Å²) in [5, 5.41) is 0.504. The lowest BCUT2D eigenvalue weighted by Crippen LogP contribution is -2.49. The van der Waals surface area contributed by atoms with Crippen LogP contribution in [0, 0.1) is 6.92 Å². The number of ether oxygens (including phenoxy) is 2. The molecule has 8 heteroatoms. The second kappa shape index (κ2) is 7.42. The SMILES string of the molecule is CCC[C@@H](C)N1CC2(CCN(C(=O)c3sc(OC)nc3C)CC2)OC1=O. The van der Waals surface area contributed by atoms with Crippen molar-refractivity contribution >= 4 is 23.3 Å². The van der Waals surface area contributed by atoms with E-state index in [4.69, 9.17) is 9.47 Å². The number of methoxy groups -OCH3 is 1. The van der Waals surface area contributed by atoms with E-state index in [1.807, 2.05) is 16.7 Å². The Balaban J connectivity index is 1.63. The maximum atomic E-state index is 12.8. The van der Waals surface area contributed by atoms with Gasteiger partial charge in [-0.2, -0.15) is 0 Å². The third-order valence-electron chi connectivity index (χ3n) is 5.34. The van der Waals surface area contributed by atoms with Gasteiger partial charge in [-0.15, -0.1) is 0 Å². The molecule has 2 aliphatic rings. The summed E-state index contributed by atoms with van der Waals surface area (Å²) in [5.74, 6) is -0.0151. The van der Waals surface area contributed by atoms with E-state index in [0.29, 0.717) is 48.2 Å². The first-order chi connectivity index (χ1) is 12.4. The van der Waals surface area contributed by atoms with Crippen molar-refractivity contribution in [1.29, 1.82) is 0 Å². The highest BCUT2D eigenvalue weighted by molar-refractivity contribution is 7.15. The Kier molecular flexibility index (Phi) is 5.41. The number of carbonyl (C=O) groups is 2. The molecule has 0 unspecified atom stereocenters. The number of rotatable bonds is 5. The van der Waals surface area contributed by atoms with Gasteiger partial charge in [0.15, 0.2) is 0 Å². The summed E-state index contributed by atoms with van der Waals surface area (Å²) >= 11 is 1.28. The first-order valence-corrected chi connectivity index (χ1v) is 10.0. The molecular formula is C18H27N3O4S. The molecule has 0 aliphatic carbocycles. The van der Waals surface area contributed by atoms with Crippen LogP contribution in [0.5, 0.6) is 5.19 Å². The van der Waals surface area contributed by atoms with Gasteiger partial charge in [-0.05, 0) is 20.3 Å². The number of piperidine rings is 1. The van der Waals surface area contributed by atoms with Crippen molar-refractivity contribution in [2.24, 2.45) is 0 Å². The third kappa shape index (κ3) is 3.51. The van der Waals surface area contributed by atoms with Gasteiger partial charge < -0.3 is 19.3 Å². The summed E-state index contributed by atoms with van der Waals surface area (Å²) in [5.41, 5.74) is 0.250. The number of hydrogen-bond donors (Lipinski definition) is 0. The van der Waals surface area contributed by atoms with E-state index in [1.165, 1.54) is 11.3 Å². The Morgan fingerprint density at radius 1 is 1.42 bits per heavy atom. The van der Waals surface area contributed by atoms with Crippen LogP contribution in [0.15, 0.2) is 0 Å². The van der Waals surface area contributed by atoms with Gasteiger partial charge in [0.05, 0.1) is 19.3 Å². The highest BCUT2D eigenvalue weighted by Gasteiger charge is 2.48. The molecule has 2 amide bonds. The number of nitrogens with zero attached hydrogens (tertiary/aromatic N) is 3. The fourth-order valence-corrected chi connectivity index (χ4v) is 4.59. The van der Waals surface area contributed by atoms with E-state index in [1.54, 1.807) is 7.11 Å². The first-order valence-electron chi connectivity index (χ1n) is 9.19. The Bertz CT molecular complexity index is 682. The molecule has 0 radical (unpaired) electrons. The molecule has 1 aromatic heterocycles. The highest BCUT2D eigenvalue weighted by Crippen LogP contribution is 2.36. The topological polar surface area (TPSA) is 72.0 Å². The molecule has 2 saturated heterocycles. The molecule has 1 atom stereocenters. The standard InChI is InChI=1S/C18H27N3O4S/c1-5-6-12(2)21-11-18(25-17(21)23)7-9-20(10-8-18)15(22)14-13(3)19-16(24-4)26-14/h12H,5-11H2,1-4H3/t12-/m1/s1. The summed E-state index contributed by atoms with van der Waals surface area (Å²) in [4.78, 5) is 33.6. The fraction of sp³-hybridized carbons (Fsp3) is 0.722. The molecule has 3 rings (SSSR count). The number of aromatic nitrogens is 1. The minimum Gasteiger partial charge on any atom is -0.473 e. The zero-order valence-corrected chi connectivity index (χ0v) is 16.7. The summed E-state index contributed by atoms with van der Waals surface area (Å²) in [7, 11) is 1.55. The lowest BCUT2D eigenvalue weighted by molar-refractivity contribution is 0.00319. The zero-order valence-electron chi connectivity index (χ0n) is 15.9. The van der Waals surface area contributed by atoms with Gasteiger partial charge in [-0.1, -0.05) is 24.7 Å². The molecule has 144 valence electrons. The van der Waals surface area contributed by atoms with E-state index in [9.17, 15) is 9.59 Å². The van der Waals surface area contributed by atoms with Gasteiger partial charge >= 0.3 is 6.09 Å². The molecule has 0 saturated carbocycles. The number of hydrogen-bond acceptors (Lipinski definition) is 6. The molecule has 2 aliphatic heterocycles. The maximum absolute atomic E-state index is 12.8. The van der Waals surface area contributed by atoms with E-state index < -0.39 is 5.60 Å². The van der Waals surface area contributed by atoms with Crippen LogP contribution in [0.25, 0.3) is 0 Å². The predicted molar refractivity (Wildman–Crippen MR) is 98.8 cm³/mol. The summed E-state index contributed by atoms with van der Waals surface area (Å²) < 4.78 is 10.9. The van der Waals surface area contributed by atoms with Gasteiger partial charge in [-0.3, -0.25) is 4.79 Å². The van der Waals surface area contributed by atoms with Gasteiger partial charge in [-0.25, -0.2) is 9.78 Å². The molecule has 3 heterocycles. The average Bonchev–Trinajstić information content (AvgIpc) is 3.15. The van der Waals surface area contributed by atoms with Gasteiger partial charge in [0.2, 0.25) is 0 Å². The molecular weight excluding hydrogens is 354 g/mol. The molecule has 0 aromatic carbocycles. The number of carbonyl (C=O) groups excluding carboxylic acids is 2. The predicted octanol–water partition coefficient (Wildman–Crippen LogP) is 3.08. The van der Waals surface area contributed by atoms with Crippen LogP contribution in [0.1, 0.15) is 54.9 Å². The van der Waals surface area contributed by atoms with Crippen molar-refractivity contribution in [1.82, 2.24) is 14.8 Å². The average molecular weight is 381 g/mol.